The topological polar surface area (TPSA) is 30.7 Å². The molecule has 0 amide bonds. The van der Waals surface area contributed by atoms with Gasteiger partial charge in [-0.2, -0.15) is 11.8 Å². The summed E-state index contributed by atoms with van der Waals surface area (Å²) in [6.45, 7) is 7.52. The van der Waals surface area contributed by atoms with Gasteiger partial charge in [-0.05, 0) is 37.7 Å². The van der Waals surface area contributed by atoms with Gasteiger partial charge in [0.05, 0.1) is 0 Å². The molecule has 0 radical (unpaired) electrons. The molecular weight excluding hydrogens is 302 g/mol. The third-order valence-electron chi connectivity index (χ3n) is 4.29. The van der Waals surface area contributed by atoms with Crippen LogP contribution in [0.4, 0.5) is 0 Å². The van der Waals surface area contributed by atoms with Gasteiger partial charge in [-0.25, -0.2) is 9.97 Å². The summed E-state index contributed by atoms with van der Waals surface area (Å²) in [5, 5.41) is 0. The number of fused-ring (bicyclic) bond motifs is 1. The normalized spacial score (nSPS) is 12.2. The molecule has 0 fully saturated rings. The van der Waals surface area contributed by atoms with E-state index in [0.29, 0.717) is 5.88 Å². The minimum atomic E-state index is 0.237. The van der Waals surface area contributed by atoms with E-state index in [2.05, 4.69) is 42.6 Å². The van der Waals surface area contributed by atoms with Crippen LogP contribution in [0.3, 0.4) is 0 Å². The van der Waals surface area contributed by atoms with Crippen molar-refractivity contribution in [3.05, 3.63) is 23.7 Å². The number of thioether (sulfide) groups is 1. The third kappa shape index (κ3) is 3.37. The van der Waals surface area contributed by atoms with Crippen LogP contribution < -0.4 is 0 Å². The Hall–Kier alpha value is -0.740. The zero-order chi connectivity index (χ0) is 15.5. The standard InChI is InChI=1S/C16H24ClN3S/c1-5-16(6-2,21-4)11-20-14(7-8-17)19-13-9-12(3)10-18-15(13)20/h9-10H,5-8,11H2,1-4H3. The number of alkyl halides is 1. The zero-order valence-electron chi connectivity index (χ0n) is 13.3. The molecule has 0 aliphatic rings. The molecule has 116 valence electrons. The van der Waals surface area contributed by atoms with Gasteiger partial charge in [-0.1, -0.05) is 13.8 Å². The summed E-state index contributed by atoms with van der Waals surface area (Å²) in [5.41, 5.74) is 3.12. The van der Waals surface area contributed by atoms with Crippen molar-refractivity contribution in [2.75, 3.05) is 12.1 Å². The predicted octanol–water partition coefficient (Wildman–Crippen LogP) is 4.44. The fraction of sp³-hybridized carbons (Fsp3) is 0.625. The molecule has 0 saturated carbocycles. The van der Waals surface area contributed by atoms with Gasteiger partial charge < -0.3 is 4.57 Å². The lowest BCUT2D eigenvalue weighted by Crippen LogP contribution is -2.30. The minimum Gasteiger partial charge on any atom is -0.311 e. The summed E-state index contributed by atoms with van der Waals surface area (Å²) >= 11 is 7.91. The highest BCUT2D eigenvalue weighted by Crippen LogP contribution is 2.34. The third-order valence-corrected chi connectivity index (χ3v) is 6.05. The SMILES string of the molecule is CCC(CC)(Cn1c(CCCl)nc2cc(C)cnc21)SC. The monoisotopic (exact) mass is 325 g/mol. The van der Waals surface area contributed by atoms with Crippen LogP contribution in [0.2, 0.25) is 0 Å². The van der Waals surface area contributed by atoms with Crippen LogP contribution >= 0.6 is 23.4 Å². The number of pyridine rings is 1. The summed E-state index contributed by atoms with van der Waals surface area (Å²) < 4.78 is 2.52. The lowest BCUT2D eigenvalue weighted by molar-refractivity contribution is 0.463. The number of hydrogen-bond donors (Lipinski definition) is 0. The van der Waals surface area contributed by atoms with Gasteiger partial charge in [0.2, 0.25) is 0 Å². The van der Waals surface area contributed by atoms with E-state index in [4.69, 9.17) is 16.6 Å². The predicted molar refractivity (Wildman–Crippen MR) is 93.5 cm³/mol. The van der Waals surface area contributed by atoms with Crippen LogP contribution in [0.1, 0.15) is 38.1 Å². The van der Waals surface area contributed by atoms with Crippen LogP contribution in [0.15, 0.2) is 12.3 Å². The van der Waals surface area contributed by atoms with Crippen LogP contribution in [0.5, 0.6) is 0 Å². The first-order chi connectivity index (χ1) is 10.1. The Morgan fingerprint density at radius 1 is 1.33 bits per heavy atom. The molecule has 0 aliphatic heterocycles. The van der Waals surface area contributed by atoms with Crippen molar-refractivity contribution in [2.24, 2.45) is 0 Å². The van der Waals surface area contributed by atoms with Crippen molar-refractivity contribution in [2.45, 2.75) is 51.3 Å². The number of rotatable bonds is 7. The molecule has 5 heteroatoms. The molecule has 0 unspecified atom stereocenters. The average molecular weight is 326 g/mol. The van der Waals surface area contributed by atoms with E-state index in [1.165, 1.54) is 0 Å². The van der Waals surface area contributed by atoms with E-state index in [-0.39, 0.29) is 4.75 Å². The number of aromatic nitrogens is 3. The molecule has 0 saturated heterocycles. The van der Waals surface area contributed by atoms with E-state index in [1.54, 1.807) is 0 Å². The van der Waals surface area contributed by atoms with Gasteiger partial charge >= 0.3 is 0 Å². The number of aryl methyl sites for hydroxylation is 2. The summed E-state index contributed by atoms with van der Waals surface area (Å²) in [7, 11) is 0. The zero-order valence-corrected chi connectivity index (χ0v) is 14.9. The first kappa shape index (κ1) is 16.6. The molecule has 2 heterocycles. The Kier molecular flexibility index (Phi) is 5.55. The largest absolute Gasteiger partial charge is 0.311 e. The van der Waals surface area contributed by atoms with Gasteiger partial charge in [0.1, 0.15) is 11.3 Å². The van der Waals surface area contributed by atoms with Crippen LogP contribution in [-0.2, 0) is 13.0 Å². The fourth-order valence-electron chi connectivity index (χ4n) is 2.71. The van der Waals surface area contributed by atoms with Crippen LogP contribution in [0.25, 0.3) is 11.2 Å². The highest BCUT2D eigenvalue weighted by atomic mass is 35.5. The lowest BCUT2D eigenvalue weighted by Gasteiger charge is -2.30. The number of nitrogens with zero attached hydrogens (tertiary/aromatic N) is 3. The Labute approximate surface area is 136 Å². The first-order valence-electron chi connectivity index (χ1n) is 7.52. The van der Waals surface area contributed by atoms with Crippen LogP contribution in [0, 0.1) is 6.92 Å². The summed E-state index contributed by atoms with van der Waals surface area (Å²) in [4.78, 5) is 9.38. The number of imidazole rings is 1. The maximum Gasteiger partial charge on any atom is 0.160 e. The molecule has 0 atom stereocenters. The molecule has 0 bridgehead atoms. The molecule has 0 spiro atoms. The number of hydrogen-bond acceptors (Lipinski definition) is 3. The average Bonchev–Trinajstić information content (AvgIpc) is 2.82. The van der Waals surface area contributed by atoms with Crippen molar-refractivity contribution in [3.63, 3.8) is 0 Å². The second kappa shape index (κ2) is 7.01. The summed E-state index contributed by atoms with van der Waals surface area (Å²) in [6.07, 6.45) is 7.18. The van der Waals surface area contributed by atoms with Gasteiger partial charge in [-0.15, -0.1) is 11.6 Å². The van der Waals surface area contributed by atoms with Gasteiger partial charge in [0, 0.05) is 29.8 Å². The molecule has 21 heavy (non-hydrogen) atoms. The van der Waals surface area contributed by atoms with Gasteiger partial charge in [0.25, 0.3) is 0 Å². The first-order valence-corrected chi connectivity index (χ1v) is 9.28. The molecule has 2 aromatic heterocycles. The molecule has 0 aromatic carbocycles. The second-order valence-electron chi connectivity index (χ2n) is 5.50. The fourth-order valence-corrected chi connectivity index (χ4v) is 3.72. The Balaban J connectivity index is 2.52. The molecule has 3 nitrogen and oxygen atoms in total. The van der Waals surface area contributed by atoms with Crippen LogP contribution in [-0.4, -0.2) is 31.4 Å². The highest BCUT2D eigenvalue weighted by Gasteiger charge is 2.27. The van der Waals surface area contributed by atoms with Gasteiger partial charge in [-0.3, -0.25) is 0 Å². The van der Waals surface area contributed by atoms with Crippen molar-refractivity contribution in [1.29, 1.82) is 0 Å². The maximum atomic E-state index is 5.96. The molecule has 2 aromatic rings. The quantitative estimate of drug-likeness (QED) is 0.705. The van der Waals surface area contributed by atoms with E-state index >= 15 is 0 Å². The molecule has 2 rings (SSSR count). The maximum absolute atomic E-state index is 5.96. The van der Waals surface area contributed by atoms with Crippen molar-refractivity contribution < 1.29 is 0 Å². The van der Waals surface area contributed by atoms with E-state index < -0.39 is 0 Å². The molecule has 0 N–H and O–H groups in total. The minimum absolute atomic E-state index is 0.237. The Morgan fingerprint density at radius 2 is 2.05 bits per heavy atom. The van der Waals surface area contributed by atoms with Crippen molar-refractivity contribution >= 4 is 34.5 Å². The van der Waals surface area contributed by atoms with Crippen molar-refractivity contribution in [3.8, 4) is 0 Å². The number of halogens is 1. The molecule has 0 aliphatic carbocycles. The second-order valence-corrected chi connectivity index (χ2v) is 7.16. The lowest BCUT2D eigenvalue weighted by atomic mass is 10.0. The van der Waals surface area contributed by atoms with E-state index in [1.807, 2.05) is 18.0 Å². The molecular formula is C16H24ClN3S. The van der Waals surface area contributed by atoms with E-state index in [0.717, 1.165) is 48.4 Å². The summed E-state index contributed by atoms with van der Waals surface area (Å²) in [5.74, 6) is 1.64. The smallest absolute Gasteiger partial charge is 0.160 e. The highest BCUT2D eigenvalue weighted by molar-refractivity contribution is 8.00. The Morgan fingerprint density at radius 3 is 2.62 bits per heavy atom. The van der Waals surface area contributed by atoms with Crippen molar-refractivity contribution in [1.82, 2.24) is 14.5 Å². The van der Waals surface area contributed by atoms with E-state index in [9.17, 15) is 0 Å². The Bertz CT molecular complexity index is 597. The van der Waals surface area contributed by atoms with Gasteiger partial charge in [0.15, 0.2) is 5.65 Å². The summed E-state index contributed by atoms with van der Waals surface area (Å²) in [6, 6.07) is 2.11.